The molecule has 1 fully saturated rings. The molecule has 4 heteroatoms. The topological polar surface area (TPSA) is 33.1 Å². The zero-order valence-electron chi connectivity index (χ0n) is 14.2. The first-order valence-electron chi connectivity index (χ1n) is 8.66. The number of aromatic nitrogens is 2. The zero-order chi connectivity index (χ0) is 15.3. The predicted molar refractivity (Wildman–Crippen MR) is 88.4 cm³/mol. The molecule has 1 N–H and O–H groups in total. The van der Waals surface area contributed by atoms with E-state index in [0.717, 1.165) is 25.9 Å². The molecule has 0 spiro atoms. The number of hydrogen-bond donors (Lipinski definition) is 1. The van der Waals surface area contributed by atoms with Crippen LogP contribution in [0, 0.1) is 0 Å². The number of nitrogens with zero attached hydrogens (tertiary/aromatic N) is 3. The highest BCUT2D eigenvalue weighted by atomic mass is 15.3. The van der Waals surface area contributed by atoms with Crippen molar-refractivity contribution in [1.29, 1.82) is 0 Å². The molecule has 0 saturated carbocycles. The first kappa shape index (κ1) is 16.5. The van der Waals surface area contributed by atoms with Crippen molar-refractivity contribution in [1.82, 2.24) is 19.8 Å². The summed E-state index contributed by atoms with van der Waals surface area (Å²) in [5.74, 6) is 1.20. The van der Waals surface area contributed by atoms with Crippen LogP contribution in [0.3, 0.4) is 0 Å². The Morgan fingerprint density at radius 1 is 1.29 bits per heavy atom. The largest absolute Gasteiger partial charge is 0.334 e. The molecule has 1 aliphatic heterocycles. The van der Waals surface area contributed by atoms with Crippen LogP contribution in [0.4, 0.5) is 0 Å². The number of hydrogen-bond acceptors (Lipinski definition) is 3. The lowest BCUT2D eigenvalue weighted by molar-refractivity contribution is 0.0788. The van der Waals surface area contributed by atoms with Crippen LogP contribution in [-0.4, -0.2) is 39.6 Å². The van der Waals surface area contributed by atoms with Crippen molar-refractivity contribution in [2.75, 3.05) is 19.6 Å². The molecule has 1 aromatic heterocycles. The Bertz CT molecular complexity index is 422. The van der Waals surface area contributed by atoms with Gasteiger partial charge in [-0.15, -0.1) is 0 Å². The van der Waals surface area contributed by atoms with Crippen LogP contribution in [0.5, 0.6) is 0 Å². The summed E-state index contributed by atoms with van der Waals surface area (Å²) in [7, 11) is 0. The second-order valence-corrected chi connectivity index (χ2v) is 6.36. The van der Waals surface area contributed by atoms with E-state index >= 15 is 0 Å². The summed E-state index contributed by atoms with van der Waals surface area (Å²) in [5.41, 5.74) is 0.143. The van der Waals surface area contributed by atoms with Gasteiger partial charge in [-0.25, -0.2) is 4.98 Å². The molecule has 2 heterocycles. The van der Waals surface area contributed by atoms with E-state index in [1.807, 2.05) is 6.20 Å². The molecule has 21 heavy (non-hydrogen) atoms. The molecule has 0 amide bonds. The average Bonchev–Trinajstić information content (AvgIpc) is 3.18. The third-order valence-corrected chi connectivity index (χ3v) is 5.11. The third-order valence-electron chi connectivity index (χ3n) is 5.11. The lowest BCUT2D eigenvalue weighted by Gasteiger charge is -2.44. The van der Waals surface area contributed by atoms with Crippen molar-refractivity contribution in [2.45, 2.75) is 71.5 Å². The van der Waals surface area contributed by atoms with Gasteiger partial charge < -0.3 is 9.88 Å². The maximum Gasteiger partial charge on any atom is 0.127 e. The molecular weight excluding hydrogens is 260 g/mol. The van der Waals surface area contributed by atoms with Crippen LogP contribution in [0.15, 0.2) is 12.4 Å². The van der Waals surface area contributed by atoms with Gasteiger partial charge in [0.2, 0.25) is 0 Å². The van der Waals surface area contributed by atoms with E-state index in [4.69, 9.17) is 4.98 Å². The van der Waals surface area contributed by atoms with Crippen molar-refractivity contribution in [3.63, 3.8) is 0 Å². The van der Waals surface area contributed by atoms with Gasteiger partial charge in [-0.05, 0) is 59.2 Å². The number of rotatable bonds is 8. The van der Waals surface area contributed by atoms with Crippen LogP contribution >= 0.6 is 0 Å². The molecule has 1 saturated heterocycles. The molecule has 0 bridgehead atoms. The van der Waals surface area contributed by atoms with E-state index in [9.17, 15) is 0 Å². The van der Waals surface area contributed by atoms with Gasteiger partial charge in [0.25, 0.3) is 0 Å². The Hall–Kier alpha value is -0.870. The van der Waals surface area contributed by atoms with Crippen molar-refractivity contribution >= 4 is 0 Å². The van der Waals surface area contributed by atoms with Crippen LogP contribution in [0.2, 0.25) is 0 Å². The van der Waals surface area contributed by atoms with E-state index < -0.39 is 0 Å². The second kappa shape index (κ2) is 7.41. The molecule has 2 unspecified atom stereocenters. The fourth-order valence-corrected chi connectivity index (χ4v) is 3.56. The van der Waals surface area contributed by atoms with Gasteiger partial charge in [0.15, 0.2) is 0 Å². The number of imidazole rings is 1. The van der Waals surface area contributed by atoms with Crippen LogP contribution in [0.25, 0.3) is 0 Å². The highest BCUT2D eigenvalue weighted by molar-refractivity contribution is 5.10. The molecule has 1 aromatic rings. The fraction of sp³-hybridized carbons (Fsp3) is 0.824. The molecule has 2 rings (SSSR count). The second-order valence-electron chi connectivity index (χ2n) is 6.36. The summed E-state index contributed by atoms with van der Waals surface area (Å²) in [5, 5.41) is 3.79. The molecule has 0 radical (unpaired) electrons. The maximum atomic E-state index is 4.70. The maximum absolute atomic E-state index is 4.70. The highest BCUT2D eigenvalue weighted by Crippen LogP contribution is 2.36. The van der Waals surface area contributed by atoms with Crippen molar-refractivity contribution in [3.8, 4) is 0 Å². The Morgan fingerprint density at radius 3 is 2.57 bits per heavy atom. The van der Waals surface area contributed by atoms with Crippen molar-refractivity contribution < 1.29 is 0 Å². The number of aryl methyl sites for hydroxylation is 1. The Labute approximate surface area is 129 Å². The summed E-state index contributed by atoms with van der Waals surface area (Å²) < 4.78 is 2.29. The highest BCUT2D eigenvalue weighted by Gasteiger charge is 2.41. The van der Waals surface area contributed by atoms with Crippen LogP contribution in [-0.2, 0) is 6.54 Å². The minimum absolute atomic E-state index is 0.143. The smallest absolute Gasteiger partial charge is 0.127 e. The van der Waals surface area contributed by atoms with Gasteiger partial charge in [-0.2, -0.15) is 0 Å². The van der Waals surface area contributed by atoms with Gasteiger partial charge in [-0.1, -0.05) is 13.8 Å². The summed E-state index contributed by atoms with van der Waals surface area (Å²) in [6.07, 6.45) is 9.01. The van der Waals surface area contributed by atoms with E-state index in [1.165, 1.54) is 31.8 Å². The Kier molecular flexibility index (Phi) is 5.82. The first-order valence-corrected chi connectivity index (χ1v) is 8.66. The SMILES string of the molecule is CCCNC(c1nccn1CC)C(C)(CC)N1CCCC1. The average molecular weight is 292 g/mol. The molecule has 0 aromatic carbocycles. The Morgan fingerprint density at radius 2 is 2.00 bits per heavy atom. The summed E-state index contributed by atoms with van der Waals surface area (Å²) in [6.45, 7) is 13.6. The lowest BCUT2D eigenvalue weighted by atomic mass is 9.86. The monoisotopic (exact) mass is 292 g/mol. The third kappa shape index (κ3) is 3.32. The van der Waals surface area contributed by atoms with Gasteiger partial charge in [0, 0.05) is 24.5 Å². The molecule has 1 aliphatic rings. The summed E-state index contributed by atoms with van der Waals surface area (Å²) in [6, 6.07) is 0.301. The normalized spacial score (nSPS) is 20.6. The standard InChI is InChI=1S/C17H32N4/c1-5-10-18-15(16-19-11-14-20(16)7-3)17(4,6-2)21-12-8-9-13-21/h11,14-15,18H,5-10,12-13H2,1-4H3. The summed E-state index contributed by atoms with van der Waals surface area (Å²) in [4.78, 5) is 7.38. The quantitative estimate of drug-likeness (QED) is 0.798. The van der Waals surface area contributed by atoms with Gasteiger partial charge in [-0.3, -0.25) is 4.90 Å². The number of nitrogens with one attached hydrogen (secondary N) is 1. The lowest BCUT2D eigenvalue weighted by Crippen LogP contribution is -2.54. The van der Waals surface area contributed by atoms with Gasteiger partial charge in [0.1, 0.15) is 5.82 Å². The van der Waals surface area contributed by atoms with Crippen molar-refractivity contribution in [3.05, 3.63) is 18.2 Å². The molecule has 2 atom stereocenters. The van der Waals surface area contributed by atoms with Crippen molar-refractivity contribution in [2.24, 2.45) is 0 Å². The van der Waals surface area contributed by atoms with Crippen LogP contribution in [0.1, 0.15) is 65.2 Å². The van der Waals surface area contributed by atoms with Gasteiger partial charge in [0.05, 0.1) is 6.04 Å². The van der Waals surface area contributed by atoms with E-state index in [-0.39, 0.29) is 5.54 Å². The summed E-state index contributed by atoms with van der Waals surface area (Å²) >= 11 is 0. The fourth-order valence-electron chi connectivity index (χ4n) is 3.56. The number of likely N-dealkylation sites (tertiary alicyclic amines) is 1. The zero-order valence-corrected chi connectivity index (χ0v) is 14.2. The molecule has 4 nitrogen and oxygen atoms in total. The van der Waals surface area contributed by atoms with E-state index in [0.29, 0.717) is 6.04 Å². The predicted octanol–water partition coefficient (Wildman–Crippen LogP) is 3.21. The molecule has 0 aliphatic carbocycles. The van der Waals surface area contributed by atoms with E-state index in [1.54, 1.807) is 0 Å². The molecular formula is C17H32N4. The van der Waals surface area contributed by atoms with Crippen LogP contribution < -0.4 is 5.32 Å². The first-order chi connectivity index (χ1) is 10.2. The van der Waals surface area contributed by atoms with E-state index in [2.05, 4.69) is 48.7 Å². The molecule has 120 valence electrons. The minimum Gasteiger partial charge on any atom is -0.334 e. The van der Waals surface area contributed by atoms with Gasteiger partial charge >= 0.3 is 0 Å². The Balaban J connectivity index is 2.32. The minimum atomic E-state index is 0.143.